The lowest BCUT2D eigenvalue weighted by Gasteiger charge is -2.17. The molecule has 22 heavy (non-hydrogen) atoms. The number of nitrogens with zero attached hydrogens (tertiary/aromatic N) is 1. The maximum Gasteiger partial charge on any atom is 0.289 e. The Bertz CT molecular complexity index is 643. The topological polar surface area (TPSA) is 53.7 Å². The van der Waals surface area contributed by atoms with Crippen molar-refractivity contribution in [3.05, 3.63) is 47.7 Å². The number of benzene rings is 1. The molecule has 0 aliphatic carbocycles. The molecule has 1 N–H and O–H groups in total. The summed E-state index contributed by atoms with van der Waals surface area (Å²) in [5.41, 5.74) is 2.19. The number of furan rings is 1. The van der Waals surface area contributed by atoms with Crippen LogP contribution < -0.4 is 0 Å². The molecular formula is C18H23NO3. The van der Waals surface area contributed by atoms with Crippen LogP contribution in [0.15, 0.2) is 40.8 Å². The van der Waals surface area contributed by atoms with Gasteiger partial charge in [0.05, 0.1) is 6.10 Å². The number of hydrogen-bond acceptors (Lipinski definition) is 3. The van der Waals surface area contributed by atoms with Crippen LogP contribution in [0.5, 0.6) is 0 Å². The molecule has 118 valence electrons. The van der Waals surface area contributed by atoms with Crippen LogP contribution in [-0.4, -0.2) is 35.6 Å². The Hall–Kier alpha value is -2.07. The molecule has 0 spiro atoms. The zero-order valence-electron chi connectivity index (χ0n) is 13.5. The Morgan fingerprint density at radius 1 is 1.23 bits per heavy atom. The normalized spacial score (nSPS) is 12.5. The third kappa shape index (κ3) is 3.77. The van der Waals surface area contributed by atoms with Gasteiger partial charge in [-0.3, -0.25) is 4.79 Å². The molecule has 0 aliphatic heterocycles. The highest BCUT2D eigenvalue weighted by molar-refractivity contribution is 5.92. The first kappa shape index (κ1) is 16.3. The van der Waals surface area contributed by atoms with Crippen molar-refractivity contribution in [3.63, 3.8) is 0 Å². The molecule has 1 aromatic carbocycles. The van der Waals surface area contributed by atoms with Gasteiger partial charge in [-0.2, -0.15) is 0 Å². The molecule has 4 nitrogen and oxygen atoms in total. The zero-order chi connectivity index (χ0) is 16.3. The molecule has 0 saturated heterocycles. The van der Waals surface area contributed by atoms with E-state index in [4.69, 9.17) is 4.42 Å². The number of aliphatic hydroxyl groups is 1. The third-order valence-electron chi connectivity index (χ3n) is 3.54. The minimum Gasteiger partial charge on any atom is -0.451 e. The maximum atomic E-state index is 12.2. The minimum absolute atomic E-state index is 0.229. The second-order valence-corrected chi connectivity index (χ2v) is 5.98. The van der Waals surface area contributed by atoms with E-state index in [2.05, 4.69) is 26.0 Å². The summed E-state index contributed by atoms with van der Waals surface area (Å²) in [6, 6.07) is 11.6. The van der Waals surface area contributed by atoms with E-state index in [9.17, 15) is 9.90 Å². The van der Waals surface area contributed by atoms with E-state index < -0.39 is 6.10 Å². The number of carbonyl (C=O) groups is 1. The van der Waals surface area contributed by atoms with Crippen LogP contribution in [0.1, 0.15) is 42.8 Å². The fraction of sp³-hybridized carbons (Fsp3) is 0.389. The van der Waals surface area contributed by atoms with Gasteiger partial charge in [0.1, 0.15) is 5.76 Å². The average Bonchev–Trinajstić information content (AvgIpc) is 2.95. The molecule has 2 aromatic rings. The van der Waals surface area contributed by atoms with Crippen molar-refractivity contribution in [2.24, 2.45) is 0 Å². The van der Waals surface area contributed by atoms with Crippen molar-refractivity contribution in [3.8, 4) is 11.3 Å². The standard InChI is InChI=1S/C18H23NO3/c1-12(2)14-6-5-7-15(10-14)16-8-9-17(22-16)18(21)19(4)11-13(3)20/h5-10,12-13,20H,11H2,1-4H3. The van der Waals surface area contributed by atoms with Crippen molar-refractivity contribution < 1.29 is 14.3 Å². The highest BCUT2D eigenvalue weighted by Crippen LogP contribution is 2.26. The monoisotopic (exact) mass is 301 g/mol. The van der Waals surface area contributed by atoms with E-state index in [0.717, 1.165) is 5.56 Å². The number of rotatable bonds is 5. The lowest BCUT2D eigenvalue weighted by molar-refractivity contribution is 0.0674. The highest BCUT2D eigenvalue weighted by atomic mass is 16.4. The van der Waals surface area contributed by atoms with Gasteiger partial charge in [0.15, 0.2) is 5.76 Å². The fourth-order valence-corrected chi connectivity index (χ4v) is 2.33. The minimum atomic E-state index is -0.564. The molecule has 1 heterocycles. The Kier molecular flexibility index (Phi) is 5.03. The van der Waals surface area contributed by atoms with Crippen LogP contribution in [0, 0.1) is 0 Å². The molecule has 1 aromatic heterocycles. The van der Waals surface area contributed by atoms with E-state index in [1.54, 1.807) is 20.0 Å². The van der Waals surface area contributed by atoms with Crippen LogP contribution in [0.3, 0.4) is 0 Å². The van der Waals surface area contributed by atoms with Crippen molar-refractivity contribution in [1.82, 2.24) is 4.90 Å². The summed E-state index contributed by atoms with van der Waals surface area (Å²) < 4.78 is 5.70. The quantitative estimate of drug-likeness (QED) is 0.919. The van der Waals surface area contributed by atoms with E-state index in [0.29, 0.717) is 11.7 Å². The van der Waals surface area contributed by atoms with Crippen LogP contribution in [-0.2, 0) is 0 Å². The van der Waals surface area contributed by atoms with Gasteiger partial charge in [0.2, 0.25) is 0 Å². The van der Waals surface area contributed by atoms with Crippen molar-refractivity contribution in [1.29, 1.82) is 0 Å². The van der Waals surface area contributed by atoms with Gasteiger partial charge < -0.3 is 14.4 Å². The smallest absolute Gasteiger partial charge is 0.289 e. The van der Waals surface area contributed by atoms with Gasteiger partial charge in [-0.05, 0) is 36.6 Å². The summed E-state index contributed by atoms with van der Waals surface area (Å²) in [5.74, 6) is 1.17. The molecular weight excluding hydrogens is 278 g/mol. The number of carbonyl (C=O) groups excluding carboxylic acids is 1. The first-order valence-electron chi connectivity index (χ1n) is 7.52. The Labute approximate surface area is 131 Å². The molecule has 0 aliphatic rings. The summed E-state index contributed by atoms with van der Waals surface area (Å²) >= 11 is 0. The van der Waals surface area contributed by atoms with Gasteiger partial charge in [-0.15, -0.1) is 0 Å². The molecule has 2 rings (SSSR count). The van der Waals surface area contributed by atoms with E-state index >= 15 is 0 Å². The predicted molar refractivity (Wildman–Crippen MR) is 86.9 cm³/mol. The number of hydrogen-bond donors (Lipinski definition) is 1. The van der Waals surface area contributed by atoms with Crippen LogP contribution in [0.4, 0.5) is 0 Å². The Morgan fingerprint density at radius 2 is 1.95 bits per heavy atom. The lowest BCUT2D eigenvalue weighted by atomic mass is 10.0. The summed E-state index contributed by atoms with van der Waals surface area (Å²) in [4.78, 5) is 13.7. The zero-order valence-corrected chi connectivity index (χ0v) is 13.5. The van der Waals surface area contributed by atoms with Gasteiger partial charge in [-0.1, -0.05) is 32.0 Å². The lowest BCUT2D eigenvalue weighted by Crippen LogP contribution is -2.32. The summed E-state index contributed by atoms with van der Waals surface area (Å²) in [6.07, 6.45) is -0.564. The first-order chi connectivity index (χ1) is 10.4. The van der Waals surface area contributed by atoms with Gasteiger partial charge in [-0.25, -0.2) is 0 Å². The van der Waals surface area contributed by atoms with E-state index in [-0.39, 0.29) is 18.2 Å². The molecule has 1 atom stereocenters. The average molecular weight is 301 g/mol. The Balaban J connectivity index is 2.21. The number of amides is 1. The van der Waals surface area contributed by atoms with Crippen molar-refractivity contribution >= 4 is 5.91 Å². The molecule has 1 unspecified atom stereocenters. The highest BCUT2D eigenvalue weighted by Gasteiger charge is 2.17. The van der Waals surface area contributed by atoms with Crippen LogP contribution in [0.2, 0.25) is 0 Å². The number of likely N-dealkylation sites (N-methyl/N-ethyl adjacent to an activating group) is 1. The third-order valence-corrected chi connectivity index (χ3v) is 3.54. The molecule has 4 heteroatoms. The van der Waals surface area contributed by atoms with Gasteiger partial charge in [0.25, 0.3) is 5.91 Å². The van der Waals surface area contributed by atoms with Crippen molar-refractivity contribution in [2.75, 3.05) is 13.6 Å². The summed E-state index contributed by atoms with van der Waals surface area (Å²) in [5, 5.41) is 9.36. The second kappa shape index (κ2) is 6.79. The van der Waals surface area contributed by atoms with Crippen LogP contribution in [0.25, 0.3) is 11.3 Å². The number of aliphatic hydroxyl groups excluding tert-OH is 1. The van der Waals surface area contributed by atoms with Gasteiger partial charge in [0, 0.05) is 19.2 Å². The molecule has 0 bridgehead atoms. The largest absolute Gasteiger partial charge is 0.451 e. The fourth-order valence-electron chi connectivity index (χ4n) is 2.33. The Morgan fingerprint density at radius 3 is 2.59 bits per heavy atom. The van der Waals surface area contributed by atoms with E-state index in [1.165, 1.54) is 10.5 Å². The maximum absolute atomic E-state index is 12.2. The first-order valence-corrected chi connectivity index (χ1v) is 7.52. The molecule has 0 saturated carbocycles. The van der Waals surface area contributed by atoms with Gasteiger partial charge >= 0.3 is 0 Å². The molecule has 0 radical (unpaired) electrons. The molecule has 0 fully saturated rings. The van der Waals surface area contributed by atoms with E-state index in [1.807, 2.05) is 18.2 Å². The predicted octanol–water partition coefficient (Wildman–Crippen LogP) is 3.52. The second-order valence-electron chi connectivity index (χ2n) is 5.98. The SMILES string of the molecule is CC(O)CN(C)C(=O)c1ccc(-c2cccc(C(C)C)c2)o1. The van der Waals surface area contributed by atoms with Crippen LogP contribution >= 0.6 is 0 Å². The summed E-state index contributed by atoms with van der Waals surface area (Å²) in [6.45, 7) is 6.20. The summed E-state index contributed by atoms with van der Waals surface area (Å²) in [7, 11) is 1.65. The molecule has 1 amide bonds. The van der Waals surface area contributed by atoms with Crippen molar-refractivity contribution in [2.45, 2.75) is 32.8 Å².